The molecule has 0 unspecified atom stereocenters. The zero-order chi connectivity index (χ0) is 14.2. The van der Waals surface area contributed by atoms with Gasteiger partial charge in [0, 0.05) is 39.9 Å². The summed E-state index contributed by atoms with van der Waals surface area (Å²) in [6.07, 6.45) is 4.91. The largest absolute Gasteiger partial charge is 0.385 e. The molecule has 132 valence electrons. The van der Waals surface area contributed by atoms with Gasteiger partial charge >= 0.3 is 0 Å². The van der Waals surface area contributed by atoms with Crippen LogP contribution in [0.25, 0.3) is 0 Å². The second-order valence-electron chi connectivity index (χ2n) is 5.99. The van der Waals surface area contributed by atoms with E-state index in [0.29, 0.717) is 12.5 Å². The van der Waals surface area contributed by atoms with Crippen molar-refractivity contribution >= 4 is 30.7 Å². The van der Waals surface area contributed by atoms with Gasteiger partial charge in [0.2, 0.25) is 5.91 Å². The van der Waals surface area contributed by atoms with Crippen LogP contribution in [0.3, 0.4) is 0 Å². The van der Waals surface area contributed by atoms with Crippen molar-refractivity contribution in [2.24, 2.45) is 5.92 Å². The number of carbonyl (C=O) groups is 1. The number of nitrogens with zero attached hydrogens (tertiary/aromatic N) is 2. The Kier molecular flexibility index (Phi) is 12.3. The molecule has 0 spiro atoms. The van der Waals surface area contributed by atoms with Crippen molar-refractivity contribution < 1.29 is 9.53 Å². The minimum Gasteiger partial charge on any atom is -0.385 e. The van der Waals surface area contributed by atoms with E-state index in [9.17, 15) is 4.79 Å². The fourth-order valence-electron chi connectivity index (χ4n) is 3.16. The Labute approximate surface area is 146 Å². The number of nitrogens with one attached hydrogen (secondary N) is 1. The van der Waals surface area contributed by atoms with Crippen molar-refractivity contribution in [3.63, 3.8) is 0 Å². The number of methoxy groups -OCH3 is 1. The topological polar surface area (TPSA) is 44.8 Å². The molecule has 2 rings (SSSR count). The maximum absolute atomic E-state index is 12.2. The monoisotopic (exact) mass is 355 g/mol. The normalized spacial score (nSPS) is 20.1. The van der Waals surface area contributed by atoms with Crippen LogP contribution in [0.5, 0.6) is 0 Å². The molecule has 0 bridgehead atoms. The van der Waals surface area contributed by atoms with Crippen LogP contribution < -0.4 is 5.32 Å². The SMILES string of the molecule is COCCCC1CCN(CC(=O)N2CCNCC2)CC1.Cl.Cl. The summed E-state index contributed by atoms with van der Waals surface area (Å²) in [6.45, 7) is 7.26. The van der Waals surface area contributed by atoms with E-state index in [4.69, 9.17) is 4.74 Å². The van der Waals surface area contributed by atoms with Crippen LogP contribution >= 0.6 is 24.8 Å². The molecule has 5 nitrogen and oxygen atoms in total. The Bertz CT molecular complexity index is 295. The van der Waals surface area contributed by atoms with Crippen LogP contribution in [0.2, 0.25) is 0 Å². The van der Waals surface area contributed by atoms with Gasteiger partial charge in [-0.15, -0.1) is 24.8 Å². The summed E-state index contributed by atoms with van der Waals surface area (Å²) in [5.74, 6) is 1.14. The first-order valence-corrected chi connectivity index (χ1v) is 7.99. The average Bonchev–Trinajstić information content (AvgIpc) is 2.50. The summed E-state index contributed by atoms with van der Waals surface area (Å²) in [5.41, 5.74) is 0. The summed E-state index contributed by atoms with van der Waals surface area (Å²) in [7, 11) is 1.77. The summed E-state index contributed by atoms with van der Waals surface area (Å²) >= 11 is 0. The van der Waals surface area contributed by atoms with Crippen molar-refractivity contribution in [1.29, 1.82) is 0 Å². The highest BCUT2D eigenvalue weighted by Crippen LogP contribution is 2.21. The molecule has 2 aliphatic rings. The number of carbonyl (C=O) groups excluding carboxylic acids is 1. The Balaban J connectivity index is 0.00000220. The molecule has 0 saturated carbocycles. The third-order valence-corrected chi connectivity index (χ3v) is 4.50. The van der Waals surface area contributed by atoms with Gasteiger partial charge < -0.3 is 15.0 Å². The molecule has 1 amide bonds. The Morgan fingerprint density at radius 3 is 2.36 bits per heavy atom. The quantitative estimate of drug-likeness (QED) is 0.731. The summed E-state index contributed by atoms with van der Waals surface area (Å²) in [6, 6.07) is 0. The molecule has 0 aliphatic carbocycles. The second-order valence-corrected chi connectivity index (χ2v) is 5.99. The van der Waals surface area contributed by atoms with Crippen molar-refractivity contribution in [3.8, 4) is 0 Å². The van der Waals surface area contributed by atoms with Gasteiger partial charge in [-0.2, -0.15) is 0 Å². The number of rotatable bonds is 6. The number of piperidine rings is 1. The van der Waals surface area contributed by atoms with Gasteiger partial charge in [0.25, 0.3) is 0 Å². The summed E-state index contributed by atoms with van der Waals surface area (Å²) in [4.78, 5) is 16.5. The van der Waals surface area contributed by atoms with Crippen LogP contribution in [0.4, 0.5) is 0 Å². The van der Waals surface area contributed by atoms with Gasteiger partial charge in [-0.25, -0.2) is 0 Å². The van der Waals surface area contributed by atoms with Gasteiger partial charge in [-0.3, -0.25) is 9.69 Å². The molecule has 0 atom stereocenters. The molecule has 1 N–H and O–H groups in total. The fourth-order valence-corrected chi connectivity index (χ4v) is 3.16. The third kappa shape index (κ3) is 7.47. The van der Waals surface area contributed by atoms with Crippen molar-refractivity contribution in [3.05, 3.63) is 0 Å². The molecule has 0 aromatic heterocycles. The van der Waals surface area contributed by atoms with Crippen LogP contribution in [0.1, 0.15) is 25.7 Å². The lowest BCUT2D eigenvalue weighted by molar-refractivity contribution is -0.133. The molecular weight excluding hydrogens is 325 g/mol. The van der Waals surface area contributed by atoms with E-state index < -0.39 is 0 Å². The van der Waals surface area contributed by atoms with E-state index in [2.05, 4.69) is 10.2 Å². The summed E-state index contributed by atoms with van der Waals surface area (Å²) < 4.78 is 5.11. The molecule has 0 radical (unpaired) electrons. The molecule has 2 aliphatic heterocycles. The molecular formula is C15H31Cl2N3O2. The van der Waals surface area contributed by atoms with Gasteiger partial charge in [0.15, 0.2) is 0 Å². The number of hydrogen-bond acceptors (Lipinski definition) is 4. The Morgan fingerprint density at radius 2 is 1.77 bits per heavy atom. The zero-order valence-corrected chi connectivity index (χ0v) is 15.2. The highest BCUT2D eigenvalue weighted by atomic mass is 35.5. The number of hydrogen-bond donors (Lipinski definition) is 1. The highest BCUT2D eigenvalue weighted by molar-refractivity contribution is 5.85. The van der Waals surface area contributed by atoms with E-state index in [0.717, 1.165) is 51.8 Å². The minimum atomic E-state index is 0. The molecule has 0 aromatic carbocycles. The number of likely N-dealkylation sites (tertiary alicyclic amines) is 1. The maximum Gasteiger partial charge on any atom is 0.236 e. The smallest absolute Gasteiger partial charge is 0.236 e. The van der Waals surface area contributed by atoms with Crippen LogP contribution in [-0.2, 0) is 9.53 Å². The first-order chi connectivity index (χ1) is 9.79. The lowest BCUT2D eigenvalue weighted by Crippen LogP contribution is -2.50. The average molecular weight is 356 g/mol. The second kappa shape index (κ2) is 12.4. The van der Waals surface area contributed by atoms with Gasteiger partial charge in [0.05, 0.1) is 6.54 Å². The Hall–Kier alpha value is -0.0700. The van der Waals surface area contributed by atoms with Crippen molar-refractivity contribution in [1.82, 2.24) is 15.1 Å². The predicted molar refractivity (Wildman–Crippen MR) is 94.2 cm³/mol. The van der Waals surface area contributed by atoms with Crippen LogP contribution in [-0.4, -0.2) is 75.2 Å². The molecule has 22 heavy (non-hydrogen) atoms. The first kappa shape index (κ1) is 21.9. The molecule has 2 fully saturated rings. The molecule has 2 heterocycles. The van der Waals surface area contributed by atoms with Crippen LogP contribution in [0.15, 0.2) is 0 Å². The predicted octanol–water partition coefficient (Wildman–Crippen LogP) is 1.40. The van der Waals surface area contributed by atoms with Gasteiger partial charge in [-0.05, 0) is 44.7 Å². The number of amides is 1. The lowest BCUT2D eigenvalue weighted by Gasteiger charge is -2.34. The van der Waals surface area contributed by atoms with Crippen LogP contribution in [0, 0.1) is 5.92 Å². The molecule has 7 heteroatoms. The van der Waals surface area contributed by atoms with E-state index in [1.807, 2.05) is 4.90 Å². The van der Waals surface area contributed by atoms with E-state index in [-0.39, 0.29) is 24.8 Å². The van der Waals surface area contributed by atoms with Crippen molar-refractivity contribution in [2.75, 3.05) is 59.5 Å². The van der Waals surface area contributed by atoms with Gasteiger partial charge in [-0.1, -0.05) is 0 Å². The standard InChI is InChI=1S/C15H29N3O2.2ClH/c1-20-12-2-3-14-4-8-17(9-5-14)13-15(19)18-10-6-16-7-11-18;;/h14,16H,2-13H2,1H3;2*1H. The van der Waals surface area contributed by atoms with E-state index in [1.54, 1.807) is 7.11 Å². The molecule has 0 aromatic rings. The minimum absolute atomic E-state index is 0. The van der Waals surface area contributed by atoms with E-state index >= 15 is 0 Å². The summed E-state index contributed by atoms with van der Waals surface area (Å²) in [5, 5.41) is 3.29. The van der Waals surface area contributed by atoms with Crippen molar-refractivity contribution in [2.45, 2.75) is 25.7 Å². The lowest BCUT2D eigenvalue weighted by atomic mass is 9.92. The Morgan fingerprint density at radius 1 is 1.14 bits per heavy atom. The number of halogens is 2. The zero-order valence-electron chi connectivity index (χ0n) is 13.6. The number of ether oxygens (including phenoxy) is 1. The first-order valence-electron chi connectivity index (χ1n) is 7.99. The molecule has 2 saturated heterocycles. The number of piperazine rings is 1. The highest BCUT2D eigenvalue weighted by Gasteiger charge is 2.23. The third-order valence-electron chi connectivity index (χ3n) is 4.50. The fraction of sp³-hybridized carbons (Fsp3) is 0.933. The van der Waals surface area contributed by atoms with E-state index in [1.165, 1.54) is 25.7 Å². The maximum atomic E-state index is 12.2. The van der Waals surface area contributed by atoms with Gasteiger partial charge in [0.1, 0.15) is 0 Å².